The quantitative estimate of drug-likeness (QED) is 0.248. The van der Waals surface area contributed by atoms with Gasteiger partial charge in [-0.1, -0.05) is 0 Å². The minimum atomic E-state index is -2.92. The van der Waals surface area contributed by atoms with E-state index in [4.69, 9.17) is 60.3 Å². The molecule has 0 aromatic rings. The first-order chi connectivity index (χ1) is 6.93. The number of rotatable bonds is 0. The molecule has 15 nitrogen and oxygen atoms in total. The average Bonchev–Trinajstić information content (AvgIpc) is 1.76. The predicted octanol–water partition coefficient (Wildman–Crippen LogP) is -18.3. The van der Waals surface area contributed by atoms with Crippen LogP contribution in [0.15, 0.2) is 0 Å². The molecule has 0 spiro atoms. The molecule has 0 aromatic carbocycles. The Morgan fingerprint density at radius 3 is 0.273 bits per heavy atom. The van der Waals surface area contributed by atoms with Crippen molar-refractivity contribution >= 4 is 29.3 Å². The van der Waals surface area contributed by atoms with Gasteiger partial charge in [-0.3, -0.25) is 29.3 Å². The van der Waals surface area contributed by atoms with Crippen molar-refractivity contribution in [3.63, 3.8) is 0 Å². The van der Waals surface area contributed by atoms with E-state index in [-0.39, 0.29) is 95.0 Å². The molecule has 0 aliphatic heterocycles. The van der Waals surface area contributed by atoms with E-state index in [2.05, 4.69) is 0 Å². The average molecular weight is 563 g/mol. The fourth-order valence-corrected chi connectivity index (χ4v) is 0. The Hall–Kier alpha value is 2.31. The third-order valence-corrected chi connectivity index (χ3v) is 0. The SMILES string of the molecule is O.O.O.[O-]B([O-])[O-].[O-]B([O-])[O-].[O-]B([O-])[O-].[O-]B([O-])[O-].[Zr+4].[Zr+4].[Zr+4]. The smallest absolute Gasteiger partial charge is 0.907 e. The second-order valence-corrected chi connectivity index (χ2v) is 1.15. The maximum Gasteiger partial charge on any atom is 4.00 e. The summed E-state index contributed by atoms with van der Waals surface area (Å²) in [5, 5.41) is 101. The van der Waals surface area contributed by atoms with Crippen molar-refractivity contribution in [2.24, 2.45) is 0 Å². The summed E-state index contributed by atoms with van der Waals surface area (Å²) >= 11 is 0. The van der Waals surface area contributed by atoms with Gasteiger partial charge in [0.2, 0.25) is 0 Å². The van der Waals surface area contributed by atoms with Crippen LogP contribution < -0.4 is 60.3 Å². The maximum absolute atomic E-state index is 8.42. The van der Waals surface area contributed by atoms with Crippen LogP contribution in [0.25, 0.3) is 0 Å². The Morgan fingerprint density at radius 2 is 0.273 bits per heavy atom. The molecule has 0 fully saturated rings. The van der Waals surface area contributed by atoms with Crippen LogP contribution in [-0.4, -0.2) is 45.7 Å². The standard InChI is InChI=1S/4BO3.3H2O.3Zr/c4*2-1(3)4;;;;;;/h;;;;3*1H2;;;/q4*-3;;;;3*+4. The molecule has 0 amide bonds. The van der Waals surface area contributed by atoms with Crippen molar-refractivity contribution < 1.29 is 155 Å². The van der Waals surface area contributed by atoms with Crippen molar-refractivity contribution in [2.45, 2.75) is 0 Å². The first-order valence-electron chi connectivity index (χ1n) is 2.83. The molecular formula is H6B4O15Zr3. The molecule has 22 heavy (non-hydrogen) atoms. The van der Waals surface area contributed by atoms with Gasteiger partial charge in [-0.2, -0.15) is 0 Å². The van der Waals surface area contributed by atoms with Gasteiger partial charge < -0.3 is 76.7 Å². The minimum Gasteiger partial charge on any atom is -0.907 e. The molecule has 0 atom stereocenters. The minimum absolute atomic E-state index is 0. The molecule has 0 heterocycles. The van der Waals surface area contributed by atoms with Gasteiger partial charge in [0.1, 0.15) is 0 Å². The van der Waals surface area contributed by atoms with E-state index in [0.29, 0.717) is 0 Å². The predicted molar refractivity (Wildman–Crippen MR) is 33.9 cm³/mol. The topological polar surface area (TPSA) is 371 Å². The maximum atomic E-state index is 8.42. The van der Waals surface area contributed by atoms with Crippen molar-refractivity contribution in [3.05, 3.63) is 0 Å². The molecule has 0 rings (SSSR count). The first kappa shape index (κ1) is 64.5. The number of hydrogen-bond donors (Lipinski definition) is 0. The van der Waals surface area contributed by atoms with Gasteiger partial charge in [0.25, 0.3) is 0 Å². The molecule has 0 aromatic heterocycles. The molecule has 0 aliphatic carbocycles. The molecule has 0 saturated carbocycles. The van der Waals surface area contributed by atoms with Crippen LogP contribution in [-0.2, 0) is 78.6 Å². The van der Waals surface area contributed by atoms with E-state index in [9.17, 15) is 0 Å². The van der Waals surface area contributed by atoms with E-state index in [0.717, 1.165) is 0 Å². The van der Waals surface area contributed by atoms with Crippen LogP contribution in [0.3, 0.4) is 0 Å². The van der Waals surface area contributed by atoms with Crippen LogP contribution in [0.1, 0.15) is 0 Å². The van der Waals surface area contributed by atoms with Crippen molar-refractivity contribution in [3.8, 4) is 0 Å². The second kappa shape index (κ2) is 56.7. The second-order valence-electron chi connectivity index (χ2n) is 1.15. The Kier molecular flexibility index (Phi) is 166. The van der Waals surface area contributed by atoms with E-state index in [1.165, 1.54) is 0 Å². The van der Waals surface area contributed by atoms with Gasteiger partial charge in [0.15, 0.2) is 0 Å². The Balaban J connectivity index is -0.00000001000. The van der Waals surface area contributed by atoms with E-state index in [1.807, 2.05) is 0 Å². The Morgan fingerprint density at radius 1 is 0.273 bits per heavy atom. The summed E-state index contributed by atoms with van der Waals surface area (Å²) in [5.41, 5.74) is 0. The molecule has 0 unspecified atom stereocenters. The fourth-order valence-electron chi connectivity index (χ4n) is 0. The molecule has 120 valence electrons. The zero-order valence-electron chi connectivity index (χ0n) is 10.2. The first-order valence-corrected chi connectivity index (χ1v) is 2.83. The zero-order chi connectivity index (χ0) is 14.3. The van der Waals surface area contributed by atoms with E-state index >= 15 is 0 Å². The molecule has 6 N–H and O–H groups in total. The van der Waals surface area contributed by atoms with Gasteiger partial charge in [-0.05, 0) is 0 Å². The summed E-state index contributed by atoms with van der Waals surface area (Å²) in [6.45, 7) is 0. The largest absolute Gasteiger partial charge is 4.00 e. The van der Waals surface area contributed by atoms with Gasteiger partial charge in [-0.15, -0.1) is 0 Å². The monoisotopic (exact) mass is 560 g/mol. The summed E-state index contributed by atoms with van der Waals surface area (Å²) < 4.78 is 0. The molecule has 22 heteroatoms. The van der Waals surface area contributed by atoms with Gasteiger partial charge >= 0.3 is 78.6 Å². The van der Waals surface area contributed by atoms with Crippen molar-refractivity contribution in [2.75, 3.05) is 0 Å². The third kappa shape index (κ3) is 1900. The molecule has 0 aliphatic rings. The van der Waals surface area contributed by atoms with Gasteiger partial charge in [0, 0.05) is 0 Å². The molecular weight excluding hydrogens is 557 g/mol. The Bertz CT molecular complexity index is 69.8. The van der Waals surface area contributed by atoms with Crippen LogP contribution in [0, 0.1) is 0 Å². The summed E-state index contributed by atoms with van der Waals surface area (Å²) in [6, 6.07) is 0. The zero-order valence-corrected chi connectivity index (χ0v) is 17.6. The summed E-state index contributed by atoms with van der Waals surface area (Å²) in [5.74, 6) is 0. The molecule has 0 radical (unpaired) electrons. The van der Waals surface area contributed by atoms with Crippen molar-refractivity contribution in [1.29, 1.82) is 0 Å². The van der Waals surface area contributed by atoms with E-state index in [1.54, 1.807) is 0 Å². The normalized spacial score (nSPS) is 4.91. The van der Waals surface area contributed by atoms with Crippen LogP contribution >= 0.6 is 0 Å². The summed E-state index contributed by atoms with van der Waals surface area (Å²) in [4.78, 5) is 0. The van der Waals surface area contributed by atoms with Crippen LogP contribution in [0.4, 0.5) is 0 Å². The van der Waals surface area contributed by atoms with Crippen molar-refractivity contribution in [1.82, 2.24) is 0 Å². The van der Waals surface area contributed by atoms with Gasteiger partial charge in [0.05, 0.1) is 0 Å². The van der Waals surface area contributed by atoms with Crippen LogP contribution in [0.5, 0.6) is 0 Å². The summed E-state index contributed by atoms with van der Waals surface area (Å²) in [6.07, 6.45) is 0. The molecule has 0 bridgehead atoms. The third-order valence-electron chi connectivity index (χ3n) is 0. The fraction of sp³-hybridized carbons (Fsp3) is 0. The molecule has 0 saturated heterocycles. The summed E-state index contributed by atoms with van der Waals surface area (Å²) in [7, 11) is -11.7. The van der Waals surface area contributed by atoms with Crippen LogP contribution in [0.2, 0.25) is 0 Å². The number of hydrogen-bond acceptors (Lipinski definition) is 12. The van der Waals surface area contributed by atoms with E-state index < -0.39 is 29.3 Å². The van der Waals surface area contributed by atoms with Gasteiger partial charge in [-0.25, -0.2) is 0 Å². The Labute approximate surface area is 183 Å².